The number of piperidine rings is 1. The highest BCUT2D eigenvalue weighted by Gasteiger charge is 2.39. The maximum atomic E-state index is 6.58. The van der Waals surface area contributed by atoms with Gasteiger partial charge >= 0.3 is 0 Å². The molecule has 1 aliphatic heterocycles. The van der Waals surface area contributed by atoms with Crippen molar-refractivity contribution in [2.45, 2.75) is 25.3 Å². The zero-order valence-corrected chi connectivity index (χ0v) is 20.4. The fraction of sp³-hybridized carbons (Fsp3) is 0.269. The van der Waals surface area contributed by atoms with Crippen molar-refractivity contribution in [3.05, 3.63) is 60.3 Å². The normalized spacial score (nSPS) is 18.9. The molecule has 5 aromatic rings. The van der Waals surface area contributed by atoms with Crippen LogP contribution in [0, 0.1) is 5.92 Å². The molecule has 2 atom stereocenters. The molecule has 1 saturated carbocycles. The van der Waals surface area contributed by atoms with Crippen LogP contribution in [0.15, 0.2) is 55.2 Å². The molecule has 0 unspecified atom stereocenters. The zero-order valence-electron chi connectivity index (χ0n) is 19.6. The predicted molar refractivity (Wildman–Crippen MR) is 139 cm³/mol. The number of anilines is 3. The van der Waals surface area contributed by atoms with Gasteiger partial charge in [0.1, 0.15) is 28.9 Å². The summed E-state index contributed by atoms with van der Waals surface area (Å²) >= 11 is 6.58. The largest absolute Gasteiger partial charge is 0.456 e. The molecule has 0 radical (unpaired) electrons. The van der Waals surface area contributed by atoms with Crippen LogP contribution < -0.4 is 15.0 Å². The lowest BCUT2D eigenvalue weighted by Crippen LogP contribution is -2.33. The van der Waals surface area contributed by atoms with Gasteiger partial charge in [-0.25, -0.2) is 24.9 Å². The molecule has 36 heavy (non-hydrogen) atoms. The van der Waals surface area contributed by atoms with Crippen molar-refractivity contribution in [3.8, 4) is 11.5 Å². The topological polar surface area (TPSA) is 93.9 Å². The van der Waals surface area contributed by atoms with Crippen LogP contribution in [0.4, 0.5) is 17.5 Å². The molecule has 180 valence electrons. The van der Waals surface area contributed by atoms with Gasteiger partial charge in [-0.3, -0.25) is 0 Å². The van der Waals surface area contributed by atoms with E-state index < -0.39 is 0 Å². The Morgan fingerprint density at radius 2 is 1.97 bits per heavy atom. The number of fused-ring (bicyclic) bond motifs is 4. The lowest BCUT2D eigenvalue weighted by atomic mass is 10.1. The summed E-state index contributed by atoms with van der Waals surface area (Å²) < 4.78 is 8.00. The smallest absolute Gasteiger partial charge is 0.226 e. The monoisotopic (exact) mass is 498 g/mol. The number of nitrogens with one attached hydrogen (secondary N) is 1. The first-order valence-corrected chi connectivity index (χ1v) is 12.4. The Morgan fingerprint density at radius 3 is 2.81 bits per heavy atom. The van der Waals surface area contributed by atoms with E-state index in [2.05, 4.69) is 30.2 Å². The van der Waals surface area contributed by atoms with Crippen molar-refractivity contribution in [3.63, 3.8) is 0 Å². The van der Waals surface area contributed by atoms with Crippen LogP contribution in [0.2, 0.25) is 5.02 Å². The molecular formula is C26H23ClN8O. The Balaban J connectivity index is 1.15. The molecule has 1 saturated heterocycles. The summed E-state index contributed by atoms with van der Waals surface area (Å²) in [7, 11) is 1.96. The maximum Gasteiger partial charge on any atom is 0.226 e. The first-order chi connectivity index (χ1) is 17.6. The van der Waals surface area contributed by atoms with E-state index in [0.29, 0.717) is 39.4 Å². The number of rotatable bonds is 5. The van der Waals surface area contributed by atoms with E-state index in [1.54, 1.807) is 12.5 Å². The van der Waals surface area contributed by atoms with Crippen LogP contribution in [-0.2, 0) is 7.05 Å². The third-order valence-electron chi connectivity index (χ3n) is 7.15. The second-order valence-corrected chi connectivity index (χ2v) is 9.90. The summed E-state index contributed by atoms with van der Waals surface area (Å²) in [5, 5.41) is 3.82. The van der Waals surface area contributed by atoms with Crippen molar-refractivity contribution in [2.75, 3.05) is 16.8 Å². The molecule has 7 rings (SSSR count). The highest BCUT2D eigenvalue weighted by Crippen LogP contribution is 2.39. The second kappa shape index (κ2) is 8.30. The number of hydrogen-bond acceptors (Lipinski definition) is 8. The summed E-state index contributed by atoms with van der Waals surface area (Å²) in [6.45, 7) is 1.02. The SMILES string of the molecule is Cn1cnc2cc(Oc3ccc(Nc4ncnc5cnc(N6C[C@@H]7CC[C@H]6C7)nc45)cc3Cl)ccc21. The van der Waals surface area contributed by atoms with Crippen molar-refractivity contribution in [1.82, 2.24) is 29.5 Å². The molecule has 1 aliphatic carbocycles. The highest BCUT2D eigenvalue weighted by molar-refractivity contribution is 6.32. The molecule has 0 spiro atoms. The van der Waals surface area contributed by atoms with Crippen LogP contribution >= 0.6 is 11.6 Å². The number of aryl methyl sites for hydroxylation is 1. The summed E-state index contributed by atoms with van der Waals surface area (Å²) in [5.41, 5.74) is 4.05. The second-order valence-electron chi connectivity index (χ2n) is 9.49. The van der Waals surface area contributed by atoms with Gasteiger partial charge in [0.25, 0.3) is 0 Å². The quantitative estimate of drug-likeness (QED) is 0.340. The maximum absolute atomic E-state index is 6.58. The van der Waals surface area contributed by atoms with E-state index in [1.807, 2.05) is 48.0 Å². The van der Waals surface area contributed by atoms with E-state index in [4.69, 9.17) is 21.3 Å². The molecule has 0 amide bonds. The van der Waals surface area contributed by atoms with Crippen LogP contribution in [0.5, 0.6) is 11.5 Å². The van der Waals surface area contributed by atoms with E-state index in [9.17, 15) is 0 Å². The predicted octanol–water partition coefficient (Wildman–Crippen LogP) is 5.48. The molecule has 2 aromatic carbocycles. The molecule has 4 heterocycles. The molecule has 9 nitrogen and oxygen atoms in total. The van der Waals surface area contributed by atoms with Crippen molar-refractivity contribution in [2.24, 2.45) is 13.0 Å². The summed E-state index contributed by atoms with van der Waals surface area (Å²) in [6, 6.07) is 11.9. The number of benzene rings is 2. The van der Waals surface area contributed by atoms with Gasteiger partial charge in [-0.2, -0.15) is 0 Å². The van der Waals surface area contributed by atoms with E-state index in [1.165, 1.54) is 25.6 Å². The molecule has 2 aliphatic rings. The van der Waals surface area contributed by atoms with Crippen LogP contribution in [0.25, 0.3) is 22.1 Å². The fourth-order valence-electron chi connectivity index (χ4n) is 5.35. The minimum atomic E-state index is 0.475. The van der Waals surface area contributed by atoms with Gasteiger partial charge in [0.2, 0.25) is 5.95 Å². The number of nitrogens with zero attached hydrogens (tertiary/aromatic N) is 7. The van der Waals surface area contributed by atoms with E-state index >= 15 is 0 Å². The average Bonchev–Trinajstić information content (AvgIpc) is 3.62. The number of aromatic nitrogens is 6. The lowest BCUT2D eigenvalue weighted by molar-refractivity contribution is 0.483. The summed E-state index contributed by atoms with van der Waals surface area (Å²) in [5.74, 6) is 3.34. The minimum Gasteiger partial charge on any atom is -0.456 e. The molecule has 2 bridgehead atoms. The Labute approximate surface area is 212 Å². The Hall–Kier alpha value is -3.98. The lowest BCUT2D eigenvalue weighted by Gasteiger charge is -2.26. The highest BCUT2D eigenvalue weighted by atomic mass is 35.5. The number of ether oxygens (including phenoxy) is 1. The number of imidazole rings is 1. The fourth-order valence-corrected chi connectivity index (χ4v) is 5.57. The minimum absolute atomic E-state index is 0.475. The van der Waals surface area contributed by atoms with Gasteiger partial charge in [-0.05, 0) is 55.5 Å². The van der Waals surface area contributed by atoms with Gasteiger partial charge in [0, 0.05) is 31.4 Å². The first-order valence-electron chi connectivity index (χ1n) is 12.0. The third-order valence-corrected chi connectivity index (χ3v) is 7.45. The van der Waals surface area contributed by atoms with Crippen LogP contribution in [0.3, 0.4) is 0 Å². The van der Waals surface area contributed by atoms with Crippen LogP contribution in [0.1, 0.15) is 19.3 Å². The Bertz CT molecular complexity index is 1620. The molecular weight excluding hydrogens is 476 g/mol. The zero-order chi connectivity index (χ0) is 24.2. The van der Waals surface area contributed by atoms with Gasteiger partial charge in [-0.15, -0.1) is 0 Å². The van der Waals surface area contributed by atoms with Gasteiger partial charge in [-0.1, -0.05) is 11.6 Å². The van der Waals surface area contributed by atoms with E-state index in [0.717, 1.165) is 35.1 Å². The standard InChI is InChI=1S/C26H23ClN8O/c1-34-14-31-20-10-18(5-6-22(20)34)36-23-7-3-16(9-19(23)27)32-25-24-21(29-13-30-25)11-28-26(33-24)35-12-15-2-4-17(35)8-15/h3,5-7,9-11,13-15,17H,2,4,8,12H2,1H3,(H,29,30,32)/t15-,17+/m1/s1. The number of halogens is 1. The van der Waals surface area contributed by atoms with E-state index in [-0.39, 0.29) is 0 Å². The summed E-state index contributed by atoms with van der Waals surface area (Å²) in [6.07, 6.45) is 8.83. The van der Waals surface area contributed by atoms with Crippen molar-refractivity contribution in [1.29, 1.82) is 0 Å². The van der Waals surface area contributed by atoms with Crippen LogP contribution in [-0.4, -0.2) is 42.1 Å². The third kappa shape index (κ3) is 3.67. The Morgan fingerprint density at radius 1 is 1.03 bits per heavy atom. The van der Waals surface area contributed by atoms with Gasteiger partial charge < -0.3 is 19.5 Å². The molecule has 1 N–H and O–H groups in total. The summed E-state index contributed by atoms with van der Waals surface area (Å²) in [4.78, 5) is 25.0. The molecule has 3 aromatic heterocycles. The van der Waals surface area contributed by atoms with Crippen molar-refractivity contribution >= 4 is 51.1 Å². The van der Waals surface area contributed by atoms with Crippen molar-refractivity contribution < 1.29 is 4.74 Å². The molecule has 10 heteroatoms. The van der Waals surface area contributed by atoms with Gasteiger partial charge in [0.15, 0.2) is 5.82 Å². The Kier molecular flexibility index (Phi) is 4.92. The van der Waals surface area contributed by atoms with Gasteiger partial charge in [0.05, 0.1) is 28.6 Å². The number of hydrogen-bond donors (Lipinski definition) is 1. The first kappa shape index (κ1) is 21.3. The molecule has 2 fully saturated rings. The average molecular weight is 499 g/mol.